The number of nitrogens with zero attached hydrogens (tertiary/aromatic N) is 2. The number of urea groups is 1. The van der Waals surface area contributed by atoms with Gasteiger partial charge in [-0.3, -0.25) is 4.79 Å². The van der Waals surface area contributed by atoms with Crippen LogP contribution in [0.1, 0.15) is 48.0 Å². The molecule has 0 spiro atoms. The Kier molecular flexibility index (Phi) is 11.0. The van der Waals surface area contributed by atoms with Gasteiger partial charge in [-0.25, -0.2) is 15.0 Å². The summed E-state index contributed by atoms with van der Waals surface area (Å²) in [7, 11) is 1.45. The zero-order valence-corrected chi connectivity index (χ0v) is 28.0. The predicted molar refractivity (Wildman–Crippen MR) is 184 cm³/mol. The molecular formula is C37H39N5O7. The summed E-state index contributed by atoms with van der Waals surface area (Å²) in [6.07, 6.45) is 1.59. The van der Waals surface area contributed by atoms with Crippen LogP contribution in [0.2, 0.25) is 0 Å². The van der Waals surface area contributed by atoms with Crippen molar-refractivity contribution in [2.75, 3.05) is 20.3 Å². The molecule has 0 radical (unpaired) electrons. The van der Waals surface area contributed by atoms with E-state index in [4.69, 9.17) is 18.9 Å². The van der Waals surface area contributed by atoms with E-state index in [0.29, 0.717) is 29.4 Å². The summed E-state index contributed by atoms with van der Waals surface area (Å²) in [5.74, 6) is 0.363. The van der Waals surface area contributed by atoms with Crippen molar-refractivity contribution >= 4 is 24.1 Å². The Bertz CT molecular complexity index is 1880. The topological polar surface area (TPSA) is 142 Å². The fourth-order valence-electron chi connectivity index (χ4n) is 5.50. The highest BCUT2D eigenvalue weighted by molar-refractivity contribution is 5.95. The second-order valence-corrected chi connectivity index (χ2v) is 11.2. The Morgan fingerprint density at radius 2 is 1.71 bits per heavy atom. The minimum atomic E-state index is -0.770. The van der Waals surface area contributed by atoms with Gasteiger partial charge in [0.2, 0.25) is 0 Å². The summed E-state index contributed by atoms with van der Waals surface area (Å²) in [6, 6.07) is 23.6. The van der Waals surface area contributed by atoms with Gasteiger partial charge in [-0.2, -0.15) is 5.10 Å². The molecular weight excluding hydrogens is 626 g/mol. The van der Waals surface area contributed by atoms with E-state index >= 15 is 0 Å². The third-order valence-corrected chi connectivity index (χ3v) is 7.85. The van der Waals surface area contributed by atoms with E-state index in [0.717, 1.165) is 34.0 Å². The van der Waals surface area contributed by atoms with Gasteiger partial charge in [0.15, 0.2) is 18.1 Å². The molecule has 0 aliphatic carbocycles. The van der Waals surface area contributed by atoms with Crippen LogP contribution in [0.5, 0.6) is 17.2 Å². The molecule has 1 atom stereocenters. The number of rotatable bonds is 13. The molecule has 49 heavy (non-hydrogen) atoms. The Labute approximate surface area is 284 Å². The number of methoxy groups -OCH3 is 1. The number of carbonyl (C=O) groups excluding carboxylic acids is 3. The first kappa shape index (κ1) is 34.3. The fraction of sp³-hybridized carbons (Fsp3) is 0.243. The Hall–Kier alpha value is -6.04. The number of hydrazone groups is 1. The molecule has 0 saturated heterocycles. The molecule has 0 fully saturated rings. The summed E-state index contributed by atoms with van der Waals surface area (Å²) in [4.78, 5) is 37.5. The quantitative estimate of drug-likeness (QED) is 0.0987. The van der Waals surface area contributed by atoms with Gasteiger partial charge in [0.25, 0.3) is 5.91 Å². The summed E-state index contributed by atoms with van der Waals surface area (Å²) in [6.45, 7) is 7.68. The Morgan fingerprint density at radius 1 is 0.959 bits per heavy atom. The first-order valence-electron chi connectivity index (χ1n) is 15.7. The van der Waals surface area contributed by atoms with Crippen LogP contribution in [0.15, 0.2) is 95.2 Å². The number of benzene rings is 3. The van der Waals surface area contributed by atoms with Crippen LogP contribution in [-0.4, -0.2) is 49.0 Å². The van der Waals surface area contributed by atoms with Crippen molar-refractivity contribution in [3.63, 3.8) is 0 Å². The van der Waals surface area contributed by atoms with Crippen molar-refractivity contribution < 1.29 is 33.3 Å². The van der Waals surface area contributed by atoms with Crippen LogP contribution in [0, 0.1) is 13.8 Å². The number of carbonyl (C=O) groups is 3. The van der Waals surface area contributed by atoms with Gasteiger partial charge in [0.05, 0.1) is 31.5 Å². The second-order valence-electron chi connectivity index (χ2n) is 11.2. The molecule has 0 unspecified atom stereocenters. The lowest BCUT2D eigenvalue weighted by atomic mass is 9.95. The SMILES string of the molecule is CCOC(=O)C1=C(C)NC(=O)N[C@@H]1c1ccc(OCC(=O)N/N=C/c2cc(C)n(-c3ccc(OCc4ccccc4)cc3)c2C)c(OC)c1. The van der Waals surface area contributed by atoms with E-state index in [9.17, 15) is 14.4 Å². The predicted octanol–water partition coefficient (Wildman–Crippen LogP) is 5.40. The van der Waals surface area contributed by atoms with Gasteiger partial charge in [-0.1, -0.05) is 36.4 Å². The first-order valence-corrected chi connectivity index (χ1v) is 15.7. The molecule has 0 saturated carbocycles. The molecule has 3 amide bonds. The molecule has 1 aliphatic rings. The molecule has 3 aromatic carbocycles. The van der Waals surface area contributed by atoms with Gasteiger partial charge in [-0.15, -0.1) is 0 Å². The Balaban J connectivity index is 1.18. The van der Waals surface area contributed by atoms with E-state index in [-0.39, 0.29) is 18.8 Å². The van der Waals surface area contributed by atoms with Crippen molar-refractivity contribution in [3.8, 4) is 22.9 Å². The number of amides is 3. The first-order chi connectivity index (χ1) is 23.7. The highest BCUT2D eigenvalue weighted by atomic mass is 16.5. The van der Waals surface area contributed by atoms with E-state index in [1.54, 1.807) is 38.3 Å². The van der Waals surface area contributed by atoms with Crippen molar-refractivity contribution in [3.05, 3.63) is 118 Å². The van der Waals surface area contributed by atoms with Crippen molar-refractivity contribution in [1.29, 1.82) is 0 Å². The van der Waals surface area contributed by atoms with Gasteiger partial charge in [-0.05, 0) is 81.3 Å². The summed E-state index contributed by atoms with van der Waals surface area (Å²) >= 11 is 0. The number of hydrogen-bond acceptors (Lipinski definition) is 8. The fourth-order valence-corrected chi connectivity index (χ4v) is 5.50. The molecule has 5 rings (SSSR count). The van der Waals surface area contributed by atoms with Crippen LogP contribution in [0.3, 0.4) is 0 Å². The third kappa shape index (κ3) is 8.28. The minimum Gasteiger partial charge on any atom is -0.493 e. The molecule has 3 N–H and O–H groups in total. The zero-order chi connectivity index (χ0) is 34.9. The average Bonchev–Trinajstić information content (AvgIpc) is 3.38. The second kappa shape index (κ2) is 15.7. The highest BCUT2D eigenvalue weighted by Gasteiger charge is 2.32. The number of ether oxygens (including phenoxy) is 4. The van der Waals surface area contributed by atoms with Crippen LogP contribution < -0.4 is 30.3 Å². The van der Waals surface area contributed by atoms with Crippen molar-refractivity contribution in [2.24, 2.45) is 5.10 Å². The van der Waals surface area contributed by atoms with Crippen LogP contribution in [0.25, 0.3) is 5.69 Å². The summed E-state index contributed by atoms with van der Waals surface area (Å²) in [5, 5.41) is 9.49. The smallest absolute Gasteiger partial charge is 0.338 e. The molecule has 254 valence electrons. The van der Waals surface area contributed by atoms with Gasteiger partial charge < -0.3 is 34.1 Å². The molecule has 1 aromatic heterocycles. The summed E-state index contributed by atoms with van der Waals surface area (Å²) in [5.41, 5.74) is 8.62. The van der Waals surface area contributed by atoms with E-state index in [1.165, 1.54) is 7.11 Å². The molecule has 0 bridgehead atoms. The van der Waals surface area contributed by atoms with E-state index in [1.807, 2.05) is 74.5 Å². The molecule has 2 heterocycles. The van der Waals surface area contributed by atoms with Crippen LogP contribution in [0.4, 0.5) is 4.79 Å². The van der Waals surface area contributed by atoms with Crippen molar-refractivity contribution in [2.45, 2.75) is 40.3 Å². The van der Waals surface area contributed by atoms with Gasteiger partial charge in [0, 0.05) is 28.3 Å². The molecule has 4 aromatic rings. The minimum absolute atomic E-state index is 0.186. The van der Waals surface area contributed by atoms with Gasteiger partial charge >= 0.3 is 12.0 Å². The largest absolute Gasteiger partial charge is 0.493 e. The van der Waals surface area contributed by atoms with Gasteiger partial charge in [0.1, 0.15) is 12.4 Å². The van der Waals surface area contributed by atoms with Crippen LogP contribution >= 0.6 is 0 Å². The number of aryl methyl sites for hydroxylation is 1. The lowest BCUT2D eigenvalue weighted by Crippen LogP contribution is -2.45. The number of esters is 1. The molecule has 12 heteroatoms. The standard InChI is InChI=1S/C37H39N5O7/c1-6-47-36(44)34-24(3)39-37(45)40-35(34)27-12-17-31(32(19-27)46-5)49-22-33(43)41-38-20-28-18-23(2)42(25(28)4)29-13-15-30(16-14-29)48-21-26-10-8-7-9-11-26/h7-20,35H,6,21-22H2,1-5H3,(H,41,43)(H2,39,40,45)/b38-20+/t35-/m1/s1. The third-order valence-electron chi connectivity index (χ3n) is 7.85. The lowest BCUT2D eigenvalue weighted by molar-refractivity contribution is -0.139. The number of nitrogens with one attached hydrogen (secondary N) is 3. The number of hydrogen-bond donors (Lipinski definition) is 3. The van der Waals surface area contributed by atoms with Crippen molar-refractivity contribution in [1.82, 2.24) is 20.6 Å². The average molecular weight is 666 g/mol. The van der Waals surface area contributed by atoms with E-state index in [2.05, 4.69) is 25.7 Å². The van der Waals surface area contributed by atoms with E-state index < -0.39 is 23.9 Å². The van der Waals surface area contributed by atoms with Crippen LogP contribution in [-0.2, 0) is 20.9 Å². The normalized spacial score (nSPS) is 14.2. The maximum absolute atomic E-state index is 12.7. The maximum Gasteiger partial charge on any atom is 0.338 e. The Morgan fingerprint density at radius 3 is 2.43 bits per heavy atom. The lowest BCUT2D eigenvalue weighted by Gasteiger charge is -2.28. The monoisotopic (exact) mass is 665 g/mol. The highest BCUT2D eigenvalue weighted by Crippen LogP contribution is 2.34. The zero-order valence-electron chi connectivity index (χ0n) is 28.0. The number of aromatic nitrogens is 1. The molecule has 12 nitrogen and oxygen atoms in total. The summed E-state index contributed by atoms with van der Waals surface area (Å²) < 4.78 is 24.4. The number of allylic oxidation sites excluding steroid dienone is 1. The maximum atomic E-state index is 12.7. The molecule has 1 aliphatic heterocycles.